The quantitative estimate of drug-likeness (QED) is 0.744. The number of aryl methyl sites for hydroxylation is 1. The number of carbonyl (C=O) groups excluding carboxylic acids is 2. The number of nitrogens with one attached hydrogen (secondary N) is 2. The van der Waals surface area contributed by atoms with Gasteiger partial charge >= 0.3 is 0 Å². The van der Waals surface area contributed by atoms with E-state index >= 15 is 0 Å². The molecule has 0 aliphatic carbocycles. The van der Waals surface area contributed by atoms with E-state index in [4.69, 9.17) is 13.9 Å². The maximum atomic E-state index is 12.4. The Bertz CT molecular complexity index is 977. The van der Waals surface area contributed by atoms with E-state index in [-0.39, 0.29) is 18.2 Å². The molecule has 0 bridgehead atoms. The van der Waals surface area contributed by atoms with Crippen molar-refractivity contribution in [2.45, 2.75) is 0 Å². The first-order valence-electron chi connectivity index (χ1n) is 7.70. The lowest BCUT2D eigenvalue weighted by Gasteiger charge is -2.04. The molecule has 26 heavy (non-hydrogen) atoms. The monoisotopic (exact) mass is 354 g/mol. The predicted octanol–water partition coefficient (Wildman–Crippen LogP) is 2.25. The molecular weight excluding hydrogens is 340 g/mol. The van der Waals surface area contributed by atoms with Gasteiger partial charge in [0.15, 0.2) is 23.0 Å². The minimum absolute atomic E-state index is 0.153. The van der Waals surface area contributed by atoms with Crippen LogP contribution in [0, 0.1) is 0 Å². The summed E-state index contributed by atoms with van der Waals surface area (Å²) in [5.74, 6) is 0.873. The number of amides is 2. The summed E-state index contributed by atoms with van der Waals surface area (Å²) in [4.78, 5) is 24.4. The summed E-state index contributed by atoms with van der Waals surface area (Å²) in [6.07, 6.45) is 1.41. The van der Waals surface area contributed by atoms with E-state index in [1.807, 2.05) is 0 Å². The van der Waals surface area contributed by atoms with Crippen molar-refractivity contribution < 1.29 is 23.5 Å². The smallest absolute Gasteiger partial charge is 0.292 e. The third kappa shape index (κ3) is 2.97. The standard InChI is InChI=1S/C17H14N4O5/c1-21-15(19-17(23)13-3-2-6-24-13)8-11(20-21)16(22)18-10-4-5-12-14(7-10)26-9-25-12/h2-8H,9H2,1H3,(H,18,22)(H,19,23). The van der Waals surface area contributed by atoms with Gasteiger partial charge in [0.1, 0.15) is 5.82 Å². The fraction of sp³-hybridized carbons (Fsp3) is 0.118. The summed E-state index contributed by atoms with van der Waals surface area (Å²) >= 11 is 0. The third-order valence-electron chi connectivity index (χ3n) is 3.73. The van der Waals surface area contributed by atoms with Crippen LogP contribution >= 0.6 is 0 Å². The van der Waals surface area contributed by atoms with Crippen LogP contribution in [0.1, 0.15) is 21.0 Å². The van der Waals surface area contributed by atoms with Crippen molar-refractivity contribution >= 4 is 23.3 Å². The molecule has 9 heteroatoms. The summed E-state index contributed by atoms with van der Waals surface area (Å²) in [6, 6.07) is 9.71. The summed E-state index contributed by atoms with van der Waals surface area (Å²) in [7, 11) is 1.62. The van der Waals surface area contributed by atoms with E-state index in [0.29, 0.717) is 23.0 Å². The molecule has 1 aliphatic rings. The number of carbonyl (C=O) groups is 2. The molecule has 0 fully saturated rings. The van der Waals surface area contributed by atoms with E-state index in [0.717, 1.165) is 0 Å². The van der Waals surface area contributed by atoms with Crippen LogP contribution in [0.5, 0.6) is 11.5 Å². The van der Waals surface area contributed by atoms with Gasteiger partial charge in [0.2, 0.25) is 6.79 Å². The van der Waals surface area contributed by atoms with Crippen molar-refractivity contribution in [1.29, 1.82) is 0 Å². The largest absolute Gasteiger partial charge is 0.459 e. The molecule has 2 amide bonds. The Morgan fingerprint density at radius 3 is 2.73 bits per heavy atom. The number of furan rings is 1. The maximum absolute atomic E-state index is 12.4. The first-order chi connectivity index (χ1) is 12.6. The molecule has 132 valence electrons. The summed E-state index contributed by atoms with van der Waals surface area (Å²) in [5, 5.41) is 9.48. The molecule has 4 rings (SSSR count). The highest BCUT2D eigenvalue weighted by atomic mass is 16.7. The highest BCUT2D eigenvalue weighted by molar-refractivity contribution is 6.05. The van der Waals surface area contributed by atoms with Crippen molar-refractivity contribution in [2.75, 3.05) is 17.4 Å². The van der Waals surface area contributed by atoms with Gasteiger partial charge in [-0.2, -0.15) is 5.10 Å². The zero-order chi connectivity index (χ0) is 18.1. The fourth-order valence-corrected chi connectivity index (χ4v) is 2.45. The number of hydrogen-bond donors (Lipinski definition) is 2. The zero-order valence-electron chi connectivity index (χ0n) is 13.7. The Hall–Kier alpha value is -3.75. The van der Waals surface area contributed by atoms with Crippen molar-refractivity contribution in [2.24, 2.45) is 7.05 Å². The second-order valence-electron chi connectivity index (χ2n) is 5.49. The van der Waals surface area contributed by atoms with Gasteiger partial charge in [0, 0.05) is 24.9 Å². The number of fused-ring (bicyclic) bond motifs is 1. The molecule has 0 spiro atoms. The second kappa shape index (κ2) is 6.28. The number of hydrogen-bond acceptors (Lipinski definition) is 6. The van der Waals surface area contributed by atoms with Crippen LogP contribution in [0.2, 0.25) is 0 Å². The van der Waals surface area contributed by atoms with Gasteiger partial charge in [-0.1, -0.05) is 0 Å². The highest BCUT2D eigenvalue weighted by Gasteiger charge is 2.18. The number of nitrogens with zero attached hydrogens (tertiary/aromatic N) is 2. The number of ether oxygens (including phenoxy) is 2. The van der Waals surface area contributed by atoms with Crippen LogP contribution in [0.15, 0.2) is 47.1 Å². The molecule has 2 N–H and O–H groups in total. The topological polar surface area (TPSA) is 108 Å². The van der Waals surface area contributed by atoms with E-state index in [1.165, 1.54) is 17.0 Å². The van der Waals surface area contributed by atoms with Crippen LogP contribution in [0.3, 0.4) is 0 Å². The van der Waals surface area contributed by atoms with Crippen molar-refractivity contribution in [3.63, 3.8) is 0 Å². The lowest BCUT2D eigenvalue weighted by atomic mass is 10.2. The molecule has 0 atom stereocenters. The maximum Gasteiger partial charge on any atom is 0.292 e. The average molecular weight is 354 g/mol. The first-order valence-corrected chi connectivity index (χ1v) is 7.70. The number of aromatic nitrogens is 2. The first kappa shape index (κ1) is 15.8. The van der Waals surface area contributed by atoms with Crippen LogP contribution in [-0.4, -0.2) is 28.4 Å². The van der Waals surface area contributed by atoms with Gasteiger partial charge in [0.25, 0.3) is 11.8 Å². The van der Waals surface area contributed by atoms with Crippen LogP contribution in [-0.2, 0) is 7.05 Å². The summed E-state index contributed by atoms with van der Waals surface area (Å²) in [6.45, 7) is 0.158. The molecule has 9 nitrogen and oxygen atoms in total. The molecule has 0 saturated carbocycles. The zero-order valence-corrected chi connectivity index (χ0v) is 13.7. The van der Waals surface area contributed by atoms with Crippen molar-refractivity contribution in [1.82, 2.24) is 9.78 Å². The van der Waals surface area contributed by atoms with E-state index in [2.05, 4.69) is 15.7 Å². The van der Waals surface area contributed by atoms with Gasteiger partial charge in [-0.25, -0.2) is 0 Å². The normalized spacial score (nSPS) is 12.0. The molecule has 3 heterocycles. The predicted molar refractivity (Wildman–Crippen MR) is 90.4 cm³/mol. The van der Waals surface area contributed by atoms with Gasteiger partial charge in [-0.05, 0) is 24.3 Å². The molecule has 0 saturated heterocycles. The fourth-order valence-electron chi connectivity index (χ4n) is 2.45. The molecule has 1 aliphatic heterocycles. The van der Waals surface area contributed by atoms with Gasteiger partial charge in [-0.3, -0.25) is 14.3 Å². The van der Waals surface area contributed by atoms with Crippen LogP contribution < -0.4 is 20.1 Å². The van der Waals surface area contributed by atoms with E-state index in [9.17, 15) is 9.59 Å². The lowest BCUT2D eigenvalue weighted by Crippen LogP contribution is -2.13. The number of benzene rings is 1. The molecule has 0 radical (unpaired) electrons. The summed E-state index contributed by atoms with van der Waals surface area (Å²) < 4.78 is 16.9. The third-order valence-corrected chi connectivity index (χ3v) is 3.73. The average Bonchev–Trinajstić information content (AvgIpc) is 3.35. The van der Waals surface area contributed by atoms with Crippen molar-refractivity contribution in [3.8, 4) is 11.5 Å². The van der Waals surface area contributed by atoms with E-state index in [1.54, 1.807) is 37.4 Å². The van der Waals surface area contributed by atoms with Crippen LogP contribution in [0.4, 0.5) is 11.5 Å². The van der Waals surface area contributed by atoms with Crippen LogP contribution in [0.25, 0.3) is 0 Å². The lowest BCUT2D eigenvalue weighted by molar-refractivity contribution is 0.0993. The Labute approximate surface area is 147 Å². The van der Waals surface area contributed by atoms with Gasteiger partial charge < -0.3 is 24.5 Å². The van der Waals surface area contributed by atoms with Gasteiger partial charge in [0.05, 0.1) is 6.26 Å². The highest BCUT2D eigenvalue weighted by Crippen LogP contribution is 2.34. The van der Waals surface area contributed by atoms with Gasteiger partial charge in [-0.15, -0.1) is 0 Å². The number of rotatable bonds is 4. The minimum Gasteiger partial charge on any atom is -0.459 e. The van der Waals surface area contributed by atoms with Crippen molar-refractivity contribution in [3.05, 3.63) is 54.1 Å². The molecule has 0 unspecified atom stereocenters. The molecule has 3 aromatic rings. The summed E-state index contributed by atoms with van der Waals surface area (Å²) in [5.41, 5.74) is 0.700. The van der Waals surface area contributed by atoms with E-state index < -0.39 is 11.8 Å². The number of anilines is 2. The Balaban J connectivity index is 1.47. The molecule has 1 aromatic carbocycles. The Morgan fingerprint density at radius 1 is 1.08 bits per heavy atom. The SMILES string of the molecule is Cn1nc(C(=O)Nc2ccc3c(c2)OCO3)cc1NC(=O)c1ccco1. The minimum atomic E-state index is -0.430. The Kier molecular flexibility index (Phi) is 3.81. The second-order valence-corrected chi connectivity index (χ2v) is 5.49. The molecule has 2 aromatic heterocycles. The molecular formula is C17H14N4O5. The Morgan fingerprint density at radius 2 is 1.92 bits per heavy atom.